The van der Waals surface area contributed by atoms with Crippen LogP contribution in [0, 0.1) is 20.8 Å². The fraction of sp³-hybridized carbons (Fsp3) is 0.172. The van der Waals surface area contributed by atoms with Crippen LogP contribution in [0.5, 0.6) is 5.75 Å². The van der Waals surface area contributed by atoms with Crippen LogP contribution in [-0.4, -0.2) is 7.11 Å². The highest BCUT2D eigenvalue weighted by molar-refractivity contribution is 7.95. The molecular formula is C29H30IOP. The minimum Gasteiger partial charge on any atom is -1.00 e. The topological polar surface area (TPSA) is 9.23 Å². The number of aryl methyl sites for hydroxylation is 3. The third-order valence-electron chi connectivity index (χ3n) is 5.88. The van der Waals surface area contributed by atoms with Gasteiger partial charge in [-0.1, -0.05) is 48.5 Å². The van der Waals surface area contributed by atoms with E-state index < -0.39 is 7.26 Å². The first-order chi connectivity index (χ1) is 15.0. The van der Waals surface area contributed by atoms with Crippen molar-refractivity contribution in [3.05, 3.63) is 119 Å². The molecule has 4 rings (SSSR count). The van der Waals surface area contributed by atoms with E-state index >= 15 is 0 Å². The average Bonchev–Trinajstić information content (AvgIpc) is 2.77. The van der Waals surface area contributed by atoms with E-state index in [1.807, 2.05) is 6.07 Å². The van der Waals surface area contributed by atoms with Gasteiger partial charge in [-0.15, -0.1) is 0 Å². The summed E-state index contributed by atoms with van der Waals surface area (Å²) in [5, 5.41) is 4.27. The molecular weight excluding hydrogens is 522 g/mol. The second-order valence-electron chi connectivity index (χ2n) is 8.34. The van der Waals surface area contributed by atoms with Crippen LogP contribution in [0.4, 0.5) is 0 Å². The molecule has 164 valence electrons. The SMILES string of the molecule is COc1cccc(C[P+](c2cccc(C)c2)(c2cccc(C)c2)c2cccc(C)c2)c1.[I-]. The molecule has 0 heterocycles. The van der Waals surface area contributed by atoms with Gasteiger partial charge in [0.2, 0.25) is 0 Å². The monoisotopic (exact) mass is 552 g/mol. The van der Waals surface area contributed by atoms with E-state index in [4.69, 9.17) is 4.74 Å². The Bertz CT molecular complexity index is 1090. The maximum atomic E-state index is 5.56. The van der Waals surface area contributed by atoms with E-state index in [0.29, 0.717) is 0 Å². The van der Waals surface area contributed by atoms with Gasteiger partial charge in [0.25, 0.3) is 0 Å². The second kappa shape index (κ2) is 10.6. The van der Waals surface area contributed by atoms with Crippen molar-refractivity contribution in [2.45, 2.75) is 26.9 Å². The van der Waals surface area contributed by atoms with Crippen molar-refractivity contribution < 1.29 is 28.7 Å². The molecule has 32 heavy (non-hydrogen) atoms. The molecule has 0 amide bonds. The fourth-order valence-corrected chi connectivity index (χ4v) is 8.84. The van der Waals surface area contributed by atoms with E-state index in [9.17, 15) is 0 Å². The molecule has 1 nitrogen and oxygen atoms in total. The summed E-state index contributed by atoms with van der Waals surface area (Å²) in [6.07, 6.45) is 0.959. The highest BCUT2D eigenvalue weighted by Gasteiger charge is 2.45. The van der Waals surface area contributed by atoms with Crippen LogP contribution >= 0.6 is 7.26 Å². The Hall–Kier alpha value is -2.16. The number of methoxy groups -OCH3 is 1. The van der Waals surface area contributed by atoms with Crippen molar-refractivity contribution in [3.8, 4) is 5.75 Å². The van der Waals surface area contributed by atoms with Crippen molar-refractivity contribution >= 4 is 23.2 Å². The Morgan fingerprint density at radius 1 is 0.594 bits per heavy atom. The molecule has 0 aliphatic rings. The van der Waals surface area contributed by atoms with E-state index in [0.717, 1.165) is 11.9 Å². The highest BCUT2D eigenvalue weighted by Crippen LogP contribution is 2.58. The molecule has 0 N–H and O–H groups in total. The molecule has 4 aromatic carbocycles. The first-order valence-electron chi connectivity index (χ1n) is 10.7. The summed E-state index contributed by atoms with van der Waals surface area (Å²) in [6, 6.07) is 35.9. The third-order valence-corrected chi connectivity index (χ3v) is 10.2. The molecule has 0 bridgehead atoms. The van der Waals surface area contributed by atoms with E-state index in [1.165, 1.54) is 38.2 Å². The predicted molar refractivity (Wildman–Crippen MR) is 136 cm³/mol. The largest absolute Gasteiger partial charge is 1.00 e. The zero-order valence-electron chi connectivity index (χ0n) is 19.2. The van der Waals surface area contributed by atoms with Gasteiger partial charge < -0.3 is 28.7 Å². The molecule has 0 radical (unpaired) electrons. The molecule has 0 saturated carbocycles. The smallest absolute Gasteiger partial charge is 0.119 e. The lowest BCUT2D eigenvalue weighted by atomic mass is 10.2. The summed E-state index contributed by atoms with van der Waals surface area (Å²) >= 11 is 0. The maximum absolute atomic E-state index is 5.56. The number of ether oxygens (including phenoxy) is 1. The molecule has 3 heteroatoms. The van der Waals surface area contributed by atoms with Crippen molar-refractivity contribution in [2.75, 3.05) is 7.11 Å². The van der Waals surface area contributed by atoms with Crippen molar-refractivity contribution in [3.63, 3.8) is 0 Å². The lowest BCUT2D eigenvalue weighted by Crippen LogP contribution is -3.00. The minimum absolute atomic E-state index is 0. The molecule has 0 saturated heterocycles. The van der Waals surface area contributed by atoms with Crippen LogP contribution in [0.1, 0.15) is 22.3 Å². The van der Waals surface area contributed by atoms with Gasteiger partial charge in [0.05, 0.1) is 13.3 Å². The van der Waals surface area contributed by atoms with Crippen molar-refractivity contribution in [2.24, 2.45) is 0 Å². The number of benzene rings is 4. The highest BCUT2D eigenvalue weighted by atomic mass is 127. The van der Waals surface area contributed by atoms with E-state index in [2.05, 4.69) is 112 Å². The van der Waals surface area contributed by atoms with E-state index in [-0.39, 0.29) is 24.0 Å². The Morgan fingerprint density at radius 3 is 1.44 bits per heavy atom. The zero-order chi connectivity index (χ0) is 21.8. The first kappa shape index (κ1) is 24.5. The lowest BCUT2D eigenvalue weighted by molar-refractivity contribution is -0.00000669. The summed E-state index contributed by atoms with van der Waals surface area (Å²) in [4.78, 5) is 0. The summed E-state index contributed by atoms with van der Waals surface area (Å²) in [7, 11) is -0.203. The molecule has 0 spiro atoms. The Morgan fingerprint density at radius 2 is 1.03 bits per heavy atom. The Labute approximate surface area is 210 Å². The van der Waals surface area contributed by atoms with Crippen molar-refractivity contribution in [1.29, 1.82) is 0 Å². The van der Waals surface area contributed by atoms with Crippen molar-refractivity contribution in [1.82, 2.24) is 0 Å². The van der Waals surface area contributed by atoms with E-state index in [1.54, 1.807) is 7.11 Å². The molecule has 0 atom stereocenters. The molecule has 0 aliphatic carbocycles. The van der Waals surface area contributed by atoms with Gasteiger partial charge in [0.15, 0.2) is 0 Å². The third kappa shape index (κ3) is 5.08. The van der Waals surface area contributed by atoms with Gasteiger partial charge in [0.1, 0.15) is 28.9 Å². The van der Waals surface area contributed by atoms with Crippen LogP contribution in [0.25, 0.3) is 0 Å². The molecule has 4 aromatic rings. The normalized spacial score (nSPS) is 11.0. The standard InChI is InChI=1S/C29H30OP.HI/c1-22-9-5-14-27(17-22)31(28-15-6-10-23(2)18-28,29-16-7-11-24(3)19-29)21-25-12-8-13-26(20-25)30-4;/h5-20H,21H2,1-4H3;1H/q+1;/p-1. The molecule has 0 fully saturated rings. The van der Waals surface area contributed by atoms with Crippen LogP contribution in [0.2, 0.25) is 0 Å². The van der Waals surface area contributed by atoms with Gasteiger partial charge >= 0.3 is 0 Å². The molecule has 0 aliphatic heterocycles. The lowest BCUT2D eigenvalue weighted by Gasteiger charge is -2.28. The fourth-order valence-electron chi connectivity index (χ4n) is 4.36. The minimum atomic E-state index is -1.94. The Kier molecular flexibility index (Phi) is 8.14. The molecule has 0 unspecified atom stereocenters. The average molecular weight is 552 g/mol. The summed E-state index contributed by atoms with van der Waals surface area (Å²) < 4.78 is 5.56. The van der Waals surface area contributed by atoms with Gasteiger partial charge in [-0.3, -0.25) is 0 Å². The summed E-state index contributed by atoms with van der Waals surface area (Å²) in [5.74, 6) is 0.910. The van der Waals surface area contributed by atoms with Gasteiger partial charge in [-0.2, -0.15) is 0 Å². The van der Waals surface area contributed by atoms with Gasteiger partial charge in [-0.05, 0) is 91.6 Å². The number of halogens is 1. The summed E-state index contributed by atoms with van der Waals surface area (Å²) in [5.41, 5.74) is 5.20. The number of hydrogen-bond acceptors (Lipinski definition) is 1. The summed E-state index contributed by atoms with van der Waals surface area (Å²) in [6.45, 7) is 6.57. The van der Waals surface area contributed by atoms with Gasteiger partial charge in [0, 0.05) is 0 Å². The molecule has 0 aromatic heterocycles. The second-order valence-corrected chi connectivity index (χ2v) is 11.8. The number of rotatable bonds is 6. The number of hydrogen-bond donors (Lipinski definition) is 0. The zero-order valence-corrected chi connectivity index (χ0v) is 22.2. The predicted octanol–water partition coefficient (Wildman–Crippen LogP) is 3.12. The Balaban J connectivity index is 0.00000289. The van der Waals surface area contributed by atoms with Crippen LogP contribution in [0.3, 0.4) is 0 Å². The van der Waals surface area contributed by atoms with Gasteiger partial charge in [-0.25, -0.2) is 0 Å². The van der Waals surface area contributed by atoms with Crippen LogP contribution < -0.4 is 44.6 Å². The van der Waals surface area contributed by atoms with Crippen LogP contribution in [-0.2, 0) is 6.16 Å². The first-order valence-corrected chi connectivity index (χ1v) is 12.7. The van der Waals surface area contributed by atoms with Crippen LogP contribution in [0.15, 0.2) is 97.1 Å². The quantitative estimate of drug-likeness (QED) is 0.264. The maximum Gasteiger partial charge on any atom is 0.119 e.